The molecule has 0 radical (unpaired) electrons. The number of nitrogens with two attached hydrogens (primary N) is 1. The first-order chi connectivity index (χ1) is 9.10. The van der Waals surface area contributed by atoms with Gasteiger partial charge in [0.05, 0.1) is 5.02 Å². The molecule has 19 heavy (non-hydrogen) atoms. The Morgan fingerprint density at radius 3 is 2.53 bits per heavy atom. The fourth-order valence-electron chi connectivity index (χ4n) is 1.75. The number of ether oxygens (including phenoxy) is 1. The summed E-state index contributed by atoms with van der Waals surface area (Å²) in [6, 6.07) is 11.2. The van der Waals surface area contributed by atoms with Gasteiger partial charge in [-0.2, -0.15) is 0 Å². The Hall–Kier alpha value is -1.22. The van der Waals surface area contributed by atoms with Crippen LogP contribution in [-0.2, 0) is 6.42 Å². The Bertz CT molecular complexity index is 584. The van der Waals surface area contributed by atoms with Crippen LogP contribution < -0.4 is 10.5 Å². The molecule has 4 heteroatoms. The van der Waals surface area contributed by atoms with E-state index < -0.39 is 0 Å². The van der Waals surface area contributed by atoms with Gasteiger partial charge in [-0.25, -0.2) is 0 Å². The quantitative estimate of drug-likeness (QED) is 0.895. The number of hydrogen-bond acceptors (Lipinski definition) is 2. The third kappa shape index (κ3) is 3.63. The van der Waals surface area contributed by atoms with Gasteiger partial charge in [-0.3, -0.25) is 0 Å². The highest BCUT2D eigenvalue weighted by Gasteiger charge is 2.07. The summed E-state index contributed by atoms with van der Waals surface area (Å²) in [5, 5.41) is 1.21. The number of aryl methyl sites for hydroxylation is 1. The van der Waals surface area contributed by atoms with E-state index >= 15 is 0 Å². The molecule has 0 heterocycles. The standard InChI is InChI=1S/C15H15Cl2NO/c1-10-2-4-12(16)9-15(10)19-14-5-3-11(6-7-18)8-13(14)17/h2-5,8-9H,6-7,18H2,1H3. The predicted molar refractivity (Wildman–Crippen MR) is 80.5 cm³/mol. The molecular weight excluding hydrogens is 281 g/mol. The minimum Gasteiger partial charge on any atom is -0.455 e. The van der Waals surface area contributed by atoms with Crippen LogP contribution in [0.1, 0.15) is 11.1 Å². The number of hydrogen-bond donors (Lipinski definition) is 1. The lowest BCUT2D eigenvalue weighted by atomic mass is 10.1. The van der Waals surface area contributed by atoms with Gasteiger partial charge in [0.1, 0.15) is 11.5 Å². The van der Waals surface area contributed by atoms with E-state index in [0.717, 1.165) is 17.5 Å². The zero-order chi connectivity index (χ0) is 13.8. The van der Waals surface area contributed by atoms with Crippen molar-refractivity contribution in [2.24, 2.45) is 5.73 Å². The summed E-state index contributed by atoms with van der Waals surface area (Å²) < 4.78 is 5.81. The van der Waals surface area contributed by atoms with Crippen LogP contribution in [0, 0.1) is 6.92 Å². The molecule has 2 N–H and O–H groups in total. The van der Waals surface area contributed by atoms with Crippen molar-refractivity contribution in [3.8, 4) is 11.5 Å². The van der Waals surface area contributed by atoms with Gasteiger partial charge in [-0.15, -0.1) is 0 Å². The molecule has 2 aromatic carbocycles. The van der Waals surface area contributed by atoms with Gasteiger partial charge in [0.2, 0.25) is 0 Å². The van der Waals surface area contributed by atoms with E-state index in [4.69, 9.17) is 33.7 Å². The molecule has 0 fully saturated rings. The summed E-state index contributed by atoms with van der Waals surface area (Å²) in [5.74, 6) is 1.33. The maximum atomic E-state index is 6.21. The molecule has 2 nitrogen and oxygen atoms in total. The lowest BCUT2D eigenvalue weighted by Gasteiger charge is -2.11. The molecule has 100 valence electrons. The van der Waals surface area contributed by atoms with Gasteiger partial charge in [0.25, 0.3) is 0 Å². The van der Waals surface area contributed by atoms with Gasteiger partial charge in [0.15, 0.2) is 0 Å². The number of benzene rings is 2. The fraction of sp³-hybridized carbons (Fsp3) is 0.200. The minimum atomic E-state index is 0.574. The Morgan fingerprint density at radius 1 is 1.05 bits per heavy atom. The van der Waals surface area contributed by atoms with Crippen LogP contribution in [0.15, 0.2) is 36.4 Å². The largest absolute Gasteiger partial charge is 0.455 e. The van der Waals surface area contributed by atoms with E-state index in [-0.39, 0.29) is 0 Å². The molecule has 0 aliphatic rings. The Balaban J connectivity index is 2.25. The molecule has 0 bridgehead atoms. The van der Waals surface area contributed by atoms with Crippen molar-refractivity contribution in [3.63, 3.8) is 0 Å². The predicted octanol–water partition coefficient (Wildman–Crippen LogP) is 4.60. The van der Waals surface area contributed by atoms with Crippen LogP contribution in [0.25, 0.3) is 0 Å². The lowest BCUT2D eigenvalue weighted by Crippen LogP contribution is -2.02. The molecule has 2 rings (SSSR count). The second-order valence-corrected chi connectivity index (χ2v) is 5.16. The topological polar surface area (TPSA) is 35.2 Å². The number of halogens is 2. The van der Waals surface area contributed by atoms with E-state index in [2.05, 4.69) is 0 Å². The van der Waals surface area contributed by atoms with E-state index in [1.807, 2.05) is 37.3 Å². The Kier molecular flexibility index (Phi) is 4.70. The first kappa shape index (κ1) is 14.2. The van der Waals surface area contributed by atoms with Crippen molar-refractivity contribution in [2.45, 2.75) is 13.3 Å². The molecule has 0 aromatic heterocycles. The van der Waals surface area contributed by atoms with Crippen molar-refractivity contribution in [1.82, 2.24) is 0 Å². The Morgan fingerprint density at radius 2 is 1.84 bits per heavy atom. The van der Waals surface area contributed by atoms with Gasteiger partial charge in [0, 0.05) is 5.02 Å². The molecule has 0 amide bonds. The van der Waals surface area contributed by atoms with E-state index in [1.54, 1.807) is 6.07 Å². The van der Waals surface area contributed by atoms with Gasteiger partial charge in [-0.1, -0.05) is 35.3 Å². The van der Waals surface area contributed by atoms with Crippen LogP contribution in [0.4, 0.5) is 0 Å². The average Bonchev–Trinajstić information content (AvgIpc) is 2.37. The summed E-state index contributed by atoms with van der Waals surface area (Å²) in [5.41, 5.74) is 7.63. The van der Waals surface area contributed by atoms with Crippen molar-refractivity contribution >= 4 is 23.2 Å². The van der Waals surface area contributed by atoms with Crippen LogP contribution >= 0.6 is 23.2 Å². The average molecular weight is 296 g/mol. The van der Waals surface area contributed by atoms with Crippen LogP contribution in [0.2, 0.25) is 10.0 Å². The maximum Gasteiger partial charge on any atom is 0.146 e. The lowest BCUT2D eigenvalue weighted by molar-refractivity contribution is 0.479. The van der Waals surface area contributed by atoms with Gasteiger partial charge < -0.3 is 10.5 Å². The number of rotatable bonds is 4. The van der Waals surface area contributed by atoms with Gasteiger partial charge in [-0.05, 0) is 55.3 Å². The van der Waals surface area contributed by atoms with Crippen LogP contribution in [-0.4, -0.2) is 6.54 Å². The Labute approximate surface area is 123 Å². The zero-order valence-electron chi connectivity index (χ0n) is 10.6. The summed E-state index contributed by atoms with van der Waals surface area (Å²) >= 11 is 12.2. The molecule has 0 spiro atoms. The third-order valence-electron chi connectivity index (χ3n) is 2.80. The zero-order valence-corrected chi connectivity index (χ0v) is 12.1. The molecule has 0 unspecified atom stereocenters. The van der Waals surface area contributed by atoms with Crippen LogP contribution in [0.5, 0.6) is 11.5 Å². The summed E-state index contributed by atoms with van der Waals surface area (Å²) in [6.07, 6.45) is 0.802. The van der Waals surface area contributed by atoms with Crippen molar-refractivity contribution in [3.05, 3.63) is 57.6 Å². The molecule has 2 aromatic rings. The highest BCUT2D eigenvalue weighted by atomic mass is 35.5. The highest BCUT2D eigenvalue weighted by Crippen LogP contribution is 2.33. The second-order valence-electron chi connectivity index (χ2n) is 4.32. The summed E-state index contributed by atoms with van der Waals surface area (Å²) in [4.78, 5) is 0. The minimum absolute atomic E-state index is 0.574. The molecule has 0 aliphatic heterocycles. The SMILES string of the molecule is Cc1ccc(Cl)cc1Oc1ccc(CCN)cc1Cl. The van der Waals surface area contributed by atoms with E-state index in [9.17, 15) is 0 Å². The van der Waals surface area contributed by atoms with Crippen LogP contribution in [0.3, 0.4) is 0 Å². The summed E-state index contributed by atoms with van der Waals surface area (Å²) in [7, 11) is 0. The molecule has 0 aliphatic carbocycles. The first-order valence-electron chi connectivity index (χ1n) is 6.02. The maximum absolute atomic E-state index is 6.21. The second kappa shape index (κ2) is 6.29. The van der Waals surface area contributed by atoms with Crippen molar-refractivity contribution < 1.29 is 4.74 Å². The summed E-state index contributed by atoms with van der Waals surface area (Å²) in [6.45, 7) is 2.56. The smallest absolute Gasteiger partial charge is 0.146 e. The van der Waals surface area contributed by atoms with E-state index in [0.29, 0.717) is 28.1 Å². The molecule has 0 saturated carbocycles. The van der Waals surface area contributed by atoms with Crippen molar-refractivity contribution in [2.75, 3.05) is 6.54 Å². The third-order valence-corrected chi connectivity index (χ3v) is 3.33. The van der Waals surface area contributed by atoms with Crippen molar-refractivity contribution in [1.29, 1.82) is 0 Å². The molecule has 0 saturated heterocycles. The monoisotopic (exact) mass is 295 g/mol. The molecular formula is C15H15Cl2NO. The first-order valence-corrected chi connectivity index (χ1v) is 6.78. The normalized spacial score (nSPS) is 10.5. The van der Waals surface area contributed by atoms with Gasteiger partial charge >= 0.3 is 0 Å². The fourth-order valence-corrected chi connectivity index (χ4v) is 2.16. The van der Waals surface area contributed by atoms with E-state index in [1.165, 1.54) is 0 Å². The molecule has 0 atom stereocenters. The highest BCUT2D eigenvalue weighted by molar-refractivity contribution is 6.32.